The van der Waals surface area contributed by atoms with Gasteiger partial charge < -0.3 is 14.9 Å². The minimum absolute atomic E-state index is 0.386. The van der Waals surface area contributed by atoms with E-state index in [1.807, 2.05) is 6.20 Å². The molecule has 1 atom stereocenters. The molecule has 0 aromatic carbocycles. The average molecular weight is 372 g/mol. The second-order valence-electron chi connectivity index (χ2n) is 6.42. The number of alkyl halides is 3. The van der Waals surface area contributed by atoms with Crippen molar-refractivity contribution in [1.82, 2.24) is 20.7 Å². The van der Waals surface area contributed by atoms with E-state index in [1.54, 1.807) is 0 Å². The number of carboxylic acids is 1. The topological polar surface area (TPSA) is 104 Å². The zero-order valence-corrected chi connectivity index (χ0v) is 13.8. The van der Waals surface area contributed by atoms with Gasteiger partial charge in [0.15, 0.2) is 5.76 Å². The number of nitrogens with zero attached hydrogens (tertiary/aromatic N) is 2. The van der Waals surface area contributed by atoms with Crippen molar-refractivity contribution in [2.24, 2.45) is 0 Å². The van der Waals surface area contributed by atoms with E-state index in [9.17, 15) is 13.2 Å². The Morgan fingerprint density at radius 2 is 2.12 bits per heavy atom. The fourth-order valence-corrected chi connectivity index (χ4v) is 2.88. The van der Waals surface area contributed by atoms with Crippen molar-refractivity contribution in [2.45, 2.75) is 56.8 Å². The average Bonchev–Trinajstić information content (AvgIpc) is 3.13. The first-order valence-electron chi connectivity index (χ1n) is 8.35. The molecule has 26 heavy (non-hydrogen) atoms. The second-order valence-corrected chi connectivity index (χ2v) is 6.42. The van der Waals surface area contributed by atoms with Gasteiger partial charge in [0.25, 0.3) is 0 Å². The van der Waals surface area contributed by atoms with Crippen molar-refractivity contribution in [3.8, 4) is 0 Å². The van der Waals surface area contributed by atoms with Crippen LogP contribution in [-0.4, -0.2) is 32.6 Å². The van der Waals surface area contributed by atoms with Crippen molar-refractivity contribution >= 4 is 5.97 Å². The van der Waals surface area contributed by atoms with Gasteiger partial charge >= 0.3 is 12.1 Å². The molecule has 0 amide bonds. The molecule has 2 heterocycles. The number of aromatic amines is 1. The molecule has 7 nitrogen and oxygen atoms in total. The summed E-state index contributed by atoms with van der Waals surface area (Å²) in [7, 11) is 0. The van der Waals surface area contributed by atoms with Crippen molar-refractivity contribution < 1.29 is 27.6 Å². The molecule has 0 spiro atoms. The molecule has 2 aromatic rings. The van der Waals surface area contributed by atoms with E-state index in [1.165, 1.54) is 30.5 Å². The van der Waals surface area contributed by atoms with Crippen LogP contribution in [0, 0.1) is 0 Å². The first kappa shape index (κ1) is 18.4. The summed E-state index contributed by atoms with van der Waals surface area (Å²) < 4.78 is 37.1. The quantitative estimate of drug-likeness (QED) is 0.762. The number of aliphatic carboxylic acids is 1. The van der Waals surface area contributed by atoms with E-state index in [2.05, 4.69) is 26.7 Å². The number of carboxylic acid groups (broad SMARTS) is 1. The lowest BCUT2D eigenvalue weighted by Crippen LogP contribution is -2.24. The molecule has 2 aliphatic rings. The molecule has 0 bridgehead atoms. The van der Waals surface area contributed by atoms with Gasteiger partial charge in [0.1, 0.15) is 0 Å². The lowest BCUT2D eigenvalue weighted by Gasteiger charge is -2.22. The molecule has 0 saturated heterocycles. The highest BCUT2D eigenvalue weighted by Crippen LogP contribution is 2.39. The minimum Gasteiger partial charge on any atom is -0.475 e. The van der Waals surface area contributed by atoms with Crippen LogP contribution in [0.5, 0.6) is 0 Å². The zero-order valence-electron chi connectivity index (χ0n) is 13.8. The summed E-state index contributed by atoms with van der Waals surface area (Å²) in [4.78, 5) is 8.90. The number of aromatic nitrogens is 3. The highest BCUT2D eigenvalue weighted by atomic mass is 19.4. The number of halogens is 3. The molecule has 142 valence electrons. The Morgan fingerprint density at radius 1 is 1.38 bits per heavy atom. The van der Waals surface area contributed by atoms with Crippen LogP contribution in [0.15, 0.2) is 16.8 Å². The Morgan fingerprint density at radius 3 is 2.77 bits per heavy atom. The maximum atomic E-state index is 10.6. The Labute approximate surface area is 146 Å². The highest BCUT2D eigenvalue weighted by molar-refractivity contribution is 5.73. The second kappa shape index (κ2) is 7.48. The number of carbonyl (C=O) groups is 1. The maximum Gasteiger partial charge on any atom is 0.490 e. The van der Waals surface area contributed by atoms with Crippen LogP contribution < -0.4 is 5.32 Å². The van der Waals surface area contributed by atoms with Crippen LogP contribution in [0.4, 0.5) is 13.2 Å². The molecule has 2 aromatic heterocycles. The maximum absolute atomic E-state index is 10.6. The molecule has 1 fully saturated rings. The minimum atomic E-state index is -5.08. The van der Waals surface area contributed by atoms with Gasteiger partial charge in [-0.25, -0.2) is 4.79 Å². The summed E-state index contributed by atoms with van der Waals surface area (Å²) in [5.74, 6) is -1.15. The summed E-state index contributed by atoms with van der Waals surface area (Å²) in [6, 6.07) is 2.49. The van der Waals surface area contributed by atoms with Gasteiger partial charge in [0.2, 0.25) is 0 Å². The van der Waals surface area contributed by atoms with Gasteiger partial charge in [-0.1, -0.05) is 5.16 Å². The van der Waals surface area contributed by atoms with Gasteiger partial charge in [-0.2, -0.15) is 18.3 Å². The van der Waals surface area contributed by atoms with Crippen LogP contribution in [0.1, 0.15) is 60.4 Å². The standard InChI is InChI=1S/C14H18N4O.C2HF3O2/c1-2-12(11-8-16-17-13(11)3-1)15-7-10-6-14(18-19-10)9-4-5-9;3-2(4,5)1(6)7/h6,8-9,12,15H,1-5,7H2,(H,16,17);(H,6,7). The summed E-state index contributed by atoms with van der Waals surface area (Å²) in [6.45, 7) is 0.745. The van der Waals surface area contributed by atoms with E-state index in [0.717, 1.165) is 30.8 Å². The van der Waals surface area contributed by atoms with Crippen molar-refractivity contribution in [2.75, 3.05) is 0 Å². The smallest absolute Gasteiger partial charge is 0.475 e. The van der Waals surface area contributed by atoms with Crippen LogP contribution in [0.25, 0.3) is 0 Å². The SMILES string of the molecule is O=C(O)C(F)(F)F.c1c(C2CC2)noc1CNC1CCCc2[nH]ncc21. The predicted octanol–water partition coefficient (Wildman–Crippen LogP) is 3.08. The first-order valence-corrected chi connectivity index (χ1v) is 8.35. The summed E-state index contributed by atoms with van der Waals surface area (Å²) in [5.41, 5.74) is 3.72. The Hall–Kier alpha value is -2.36. The van der Waals surface area contributed by atoms with E-state index >= 15 is 0 Å². The lowest BCUT2D eigenvalue weighted by atomic mass is 9.93. The van der Waals surface area contributed by atoms with Gasteiger partial charge in [-0.15, -0.1) is 0 Å². The number of hydrogen-bond acceptors (Lipinski definition) is 5. The van der Waals surface area contributed by atoms with Crippen molar-refractivity contribution in [3.63, 3.8) is 0 Å². The third kappa shape index (κ3) is 4.63. The normalized spacial score (nSPS) is 19.4. The fraction of sp³-hybridized carbons (Fsp3) is 0.562. The molecule has 0 aliphatic heterocycles. The zero-order chi connectivity index (χ0) is 18.7. The van der Waals surface area contributed by atoms with Gasteiger partial charge in [0, 0.05) is 29.3 Å². The molecular weight excluding hydrogens is 353 g/mol. The van der Waals surface area contributed by atoms with Gasteiger partial charge in [0.05, 0.1) is 18.4 Å². The number of aryl methyl sites for hydroxylation is 1. The van der Waals surface area contributed by atoms with Crippen molar-refractivity contribution in [3.05, 3.63) is 35.0 Å². The van der Waals surface area contributed by atoms with Gasteiger partial charge in [-0.05, 0) is 32.1 Å². The fourth-order valence-electron chi connectivity index (χ4n) is 2.88. The molecule has 3 N–H and O–H groups in total. The van der Waals surface area contributed by atoms with E-state index in [0.29, 0.717) is 12.0 Å². The van der Waals surface area contributed by atoms with Crippen LogP contribution >= 0.6 is 0 Å². The number of nitrogens with one attached hydrogen (secondary N) is 2. The van der Waals surface area contributed by atoms with E-state index in [-0.39, 0.29) is 0 Å². The third-order valence-corrected chi connectivity index (χ3v) is 4.38. The molecule has 10 heteroatoms. The monoisotopic (exact) mass is 372 g/mol. The largest absolute Gasteiger partial charge is 0.490 e. The van der Waals surface area contributed by atoms with E-state index < -0.39 is 12.1 Å². The van der Waals surface area contributed by atoms with Crippen LogP contribution in [0.3, 0.4) is 0 Å². The molecule has 2 aliphatic carbocycles. The number of rotatable bonds is 4. The number of hydrogen-bond donors (Lipinski definition) is 3. The van der Waals surface area contributed by atoms with Gasteiger partial charge in [-0.3, -0.25) is 5.10 Å². The summed E-state index contributed by atoms with van der Waals surface area (Å²) >= 11 is 0. The lowest BCUT2D eigenvalue weighted by molar-refractivity contribution is -0.192. The Bertz CT molecular complexity index is 752. The van der Waals surface area contributed by atoms with E-state index in [4.69, 9.17) is 14.4 Å². The van der Waals surface area contributed by atoms with Crippen molar-refractivity contribution in [1.29, 1.82) is 0 Å². The van der Waals surface area contributed by atoms with Crippen LogP contribution in [0.2, 0.25) is 0 Å². The molecule has 0 radical (unpaired) electrons. The van der Waals surface area contributed by atoms with Crippen LogP contribution in [-0.2, 0) is 17.8 Å². The Balaban J connectivity index is 0.000000242. The molecule has 1 unspecified atom stereocenters. The molecule has 1 saturated carbocycles. The summed E-state index contributed by atoms with van der Waals surface area (Å²) in [6.07, 6.45) is 2.87. The first-order chi connectivity index (χ1) is 12.3. The highest BCUT2D eigenvalue weighted by Gasteiger charge is 2.38. The molecule has 4 rings (SSSR count). The summed E-state index contributed by atoms with van der Waals surface area (Å²) in [5, 5.41) is 22.1. The molecular formula is C16H19F3N4O3. The number of fused-ring (bicyclic) bond motifs is 1. The predicted molar refractivity (Wildman–Crippen MR) is 83.3 cm³/mol. The third-order valence-electron chi connectivity index (χ3n) is 4.38. The number of H-pyrrole nitrogens is 1. The Kier molecular flexibility index (Phi) is 5.30.